The molecule has 4 aromatic rings. The minimum absolute atomic E-state index is 0.291. The summed E-state index contributed by atoms with van der Waals surface area (Å²) in [6.45, 7) is 5.32. The van der Waals surface area contributed by atoms with Crippen LogP contribution in [0.15, 0.2) is 115 Å². The third-order valence-electron chi connectivity index (χ3n) is 6.88. The van der Waals surface area contributed by atoms with Gasteiger partial charge in [0.2, 0.25) is 5.91 Å². The van der Waals surface area contributed by atoms with Gasteiger partial charge in [-0.25, -0.2) is 9.59 Å². The third-order valence-corrected chi connectivity index (χ3v) is 6.88. The lowest BCUT2D eigenvalue weighted by atomic mass is 9.89. The second kappa shape index (κ2) is 14.3. The number of carbonyl (C=O) groups excluding carboxylic acids is 3. The molecule has 0 saturated heterocycles. The minimum atomic E-state index is -0.991. The van der Waals surface area contributed by atoms with Gasteiger partial charge in [-0.1, -0.05) is 103 Å². The van der Waals surface area contributed by atoms with Crippen LogP contribution in [-0.2, 0) is 25.5 Å². The van der Waals surface area contributed by atoms with Crippen LogP contribution in [0.5, 0.6) is 0 Å². The number of nitrogens with one attached hydrogen (secondary N) is 1. The predicted molar refractivity (Wildman–Crippen MR) is 169 cm³/mol. The van der Waals surface area contributed by atoms with Crippen molar-refractivity contribution in [3.8, 4) is 0 Å². The summed E-state index contributed by atoms with van der Waals surface area (Å²) in [5, 5.41) is 2.80. The highest BCUT2D eigenvalue weighted by molar-refractivity contribution is 6.07. The smallest absolute Gasteiger partial charge is 0.412 e. The molecule has 0 radical (unpaired) electrons. The number of hydrogen-bond acceptors (Lipinski definition) is 5. The summed E-state index contributed by atoms with van der Waals surface area (Å²) in [6, 6.07) is 34.6. The Kier molecular flexibility index (Phi) is 10.3. The molecule has 0 spiro atoms. The number of benzene rings is 4. The number of rotatable bonds is 10. The molecule has 1 N–H and O–H groups in total. The molecule has 222 valence electrons. The van der Waals surface area contributed by atoms with E-state index in [-0.39, 0.29) is 5.91 Å². The Morgan fingerprint density at radius 2 is 1.26 bits per heavy atom. The normalized spacial score (nSPS) is 11.8. The predicted octanol–water partition coefficient (Wildman–Crippen LogP) is 7.37. The van der Waals surface area contributed by atoms with E-state index in [0.717, 1.165) is 16.7 Å². The fraction of sp³-hybridized carbons (Fsp3) is 0.250. The van der Waals surface area contributed by atoms with Gasteiger partial charge in [-0.05, 0) is 62.4 Å². The van der Waals surface area contributed by atoms with E-state index >= 15 is 0 Å². The van der Waals surface area contributed by atoms with Gasteiger partial charge in [-0.3, -0.25) is 15.0 Å². The number of esters is 1. The van der Waals surface area contributed by atoms with E-state index in [1.54, 1.807) is 45.0 Å². The van der Waals surface area contributed by atoms with Crippen molar-refractivity contribution < 1.29 is 23.9 Å². The standard InChI is InChI=1S/C36H38N2O5/c1-36(2,3)43-35(41)37-29-22-14-15-23-30(29)38(31(34(40)42-4)25-24-26-16-8-5-9-17-26)33(39)32(27-18-10-6-11-19-27)28-20-12-7-13-21-28/h5-23,31-32H,24-25H2,1-4H3,(H,37,41). The fourth-order valence-electron chi connectivity index (χ4n) is 4.99. The highest BCUT2D eigenvalue weighted by Crippen LogP contribution is 2.35. The molecule has 1 unspecified atom stereocenters. The third kappa shape index (κ3) is 8.32. The van der Waals surface area contributed by atoms with Crippen molar-refractivity contribution in [3.05, 3.63) is 132 Å². The average Bonchev–Trinajstić information content (AvgIpc) is 3.00. The number of amides is 2. The topological polar surface area (TPSA) is 84.9 Å². The monoisotopic (exact) mass is 578 g/mol. The van der Waals surface area contributed by atoms with Crippen LogP contribution < -0.4 is 10.2 Å². The van der Waals surface area contributed by atoms with Crippen molar-refractivity contribution in [2.24, 2.45) is 0 Å². The minimum Gasteiger partial charge on any atom is -0.467 e. The lowest BCUT2D eigenvalue weighted by Gasteiger charge is -2.34. The molecule has 0 aliphatic rings. The molecule has 4 aromatic carbocycles. The van der Waals surface area contributed by atoms with Crippen LogP contribution in [0.3, 0.4) is 0 Å². The maximum absolute atomic E-state index is 15.0. The van der Waals surface area contributed by atoms with Gasteiger partial charge < -0.3 is 9.47 Å². The number of anilines is 2. The zero-order chi connectivity index (χ0) is 30.8. The van der Waals surface area contributed by atoms with Crippen molar-refractivity contribution in [2.75, 3.05) is 17.3 Å². The molecule has 0 aromatic heterocycles. The van der Waals surface area contributed by atoms with Gasteiger partial charge in [-0.15, -0.1) is 0 Å². The molecule has 0 bridgehead atoms. The Morgan fingerprint density at radius 1 is 0.744 bits per heavy atom. The molecule has 0 heterocycles. The van der Waals surface area contributed by atoms with E-state index in [0.29, 0.717) is 24.2 Å². The molecule has 0 aliphatic heterocycles. The number of hydrogen-bond donors (Lipinski definition) is 1. The van der Waals surface area contributed by atoms with E-state index in [1.807, 2.05) is 91.0 Å². The van der Waals surface area contributed by atoms with Crippen molar-refractivity contribution >= 4 is 29.3 Å². The summed E-state index contributed by atoms with van der Waals surface area (Å²) in [7, 11) is 1.32. The van der Waals surface area contributed by atoms with E-state index in [9.17, 15) is 14.4 Å². The highest BCUT2D eigenvalue weighted by atomic mass is 16.6. The van der Waals surface area contributed by atoms with Crippen molar-refractivity contribution in [1.82, 2.24) is 0 Å². The summed E-state index contributed by atoms with van der Waals surface area (Å²) in [5.74, 6) is -1.63. The Morgan fingerprint density at radius 3 is 1.79 bits per heavy atom. The molecule has 43 heavy (non-hydrogen) atoms. The van der Waals surface area contributed by atoms with Gasteiger partial charge in [0.15, 0.2) is 0 Å². The summed E-state index contributed by atoms with van der Waals surface area (Å²) < 4.78 is 10.8. The van der Waals surface area contributed by atoms with Crippen LogP contribution in [-0.4, -0.2) is 36.7 Å². The molecule has 0 fully saturated rings. The molecule has 2 amide bonds. The van der Waals surface area contributed by atoms with Crippen LogP contribution in [0.25, 0.3) is 0 Å². The van der Waals surface area contributed by atoms with Gasteiger partial charge in [0.25, 0.3) is 0 Å². The van der Waals surface area contributed by atoms with Crippen LogP contribution in [0.1, 0.15) is 49.8 Å². The van der Waals surface area contributed by atoms with Gasteiger partial charge in [0, 0.05) is 0 Å². The molecule has 7 heteroatoms. The second-order valence-electron chi connectivity index (χ2n) is 11.2. The molecule has 0 aliphatic carbocycles. The number of carbonyl (C=O) groups is 3. The van der Waals surface area contributed by atoms with Crippen LogP contribution >= 0.6 is 0 Å². The van der Waals surface area contributed by atoms with Crippen molar-refractivity contribution in [1.29, 1.82) is 0 Å². The quantitative estimate of drug-likeness (QED) is 0.199. The number of nitrogens with zero attached hydrogens (tertiary/aromatic N) is 1. The van der Waals surface area contributed by atoms with E-state index in [4.69, 9.17) is 9.47 Å². The first-order valence-electron chi connectivity index (χ1n) is 14.3. The van der Waals surface area contributed by atoms with Gasteiger partial charge in [0.1, 0.15) is 11.6 Å². The largest absolute Gasteiger partial charge is 0.467 e. The van der Waals surface area contributed by atoms with E-state index in [2.05, 4.69) is 5.32 Å². The first kappa shape index (κ1) is 31.0. The Hall–Kier alpha value is -4.91. The maximum Gasteiger partial charge on any atom is 0.412 e. The van der Waals surface area contributed by atoms with Gasteiger partial charge >= 0.3 is 12.1 Å². The molecular formula is C36H38N2O5. The molecular weight excluding hydrogens is 540 g/mol. The summed E-state index contributed by atoms with van der Waals surface area (Å²) >= 11 is 0. The first-order valence-corrected chi connectivity index (χ1v) is 14.3. The number of aryl methyl sites for hydroxylation is 1. The maximum atomic E-state index is 15.0. The second-order valence-corrected chi connectivity index (χ2v) is 11.2. The Balaban J connectivity index is 1.86. The molecule has 7 nitrogen and oxygen atoms in total. The van der Waals surface area contributed by atoms with E-state index in [1.165, 1.54) is 12.0 Å². The Labute approximate surface area is 253 Å². The van der Waals surface area contributed by atoms with Crippen molar-refractivity contribution in [3.63, 3.8) is 0 Å². The zero-order valence-electron chi connectivity index (χ0n) is 25.0. The highest BCUT2D eigenvalue weighted by Gasteiger charge is 2.38. The molecule has 1 atom stereocenters. The zero-order valence-corrected chi connectivity index (χ0v) is 25.0. The van der Waals surface area contributed by atoms with Gasteiger partial charge in [0.05, 0.1) is 24.4 Å². The SMILES string of the molecule is COC(=O)C(CCc1ccccc1)N(C(=O)C(c1ccccc1)c1ccccc1)c1ccccc1NC(=O)OC(C)(C)C. The summed E-state index contributed by atoms with van der Waals surface area (Å²) in [5.41, 5.74) is 2.52. The lowest BCUT2D eigenvalue weighted by molar-refractivity contribution is -0.143. The first-order chi connectivity index (χ1) is 20.7. The van der Waals surface area contributed by atoms with Crippen LogP contribution in [0.4, 0.5) is 16.2 Å². The van der Waals surface area contributed by atoms with Crippen LogP contribution in [0.2, 0.25) is 0 Å². The molecule has 4 rings (SSSR count). The summed E-state index contributed by atoms with van der Waals surface area (Å²) in [4.78, 5) is 42.9. The molecule has 0 saturated carbocycles. The summed E-state index contributed by atoms with van der Waals surface area (Å²) in [6.07, 6.45) is 0.140. The lowest BCUT2D eigenvalue weighted by Crippen LogP contribution is -2.48. The average molecular weight is 579 g/mol. The van der Waals surface area contributed by atoms with Crippen LogP contribution in [0, 0.1) is 0 Å². The number of methoxy groups -OCH3 is 1. The van der Waals surface area contributed by atoms with E-state index < -0.39 is 29.6 Å². The Bertz CT molecular complexity index is 1460. The van der Waals surface area contributed by atoms with Crippen molar-refractivity contribution in [2.45, 2.75) is 51.2 Å². The number of ether oxygens (including phenoxy) is 2. The van der Waals surface area contributed by atoms with Gasteiger partial charge in [-0.2, -0.15) is 0 Å². The number of para-hydroxylation sites is 2. The fourth-order valence-corrected chi connectivity index (χ4v) is 4.99.